The van der Waals surface area contributed by atoms with Crippen molar-refractivity contribution in [1.82, 2.24) is 31.5 Å². The minimum atomic E-state index is -0.957. The van der Waals surface area contributed by atoms with Crippen molar-refractivity contribution in [2.75, 3.05) is 45.9 Å². The Morgan fingerprint density at radius 3 is 2.53 bits per heavy atom. The van der Waals surface area contributed by atoms with Crippen molar-refractivity contribution in [2.45, 2.75) is 63.6 Å². The van der Waals surface area contributed by atoms with Crippen LogP contribution >= 0.6 is 0 Å². The molecular weight excluding hydrogens is 634 g/mol. The maximum absolute atomic E-state index is 13.5. The normalized spacial score (nSPS) is 21.9. The van der Waals surface area contributed by atoms with Gasteiger partial charge in [-0.2, -0.15) is 0 Å². The number of carbonyl (C=O) groups is 6. The highest BCUT2D eigenvalue weighted by molar-refractivity contribution is 5.90. The fraction of sp³-hybridized carbons (Fsp3) is 0.529. The quantitative estimate of drug-likeness (QED) is 0.194. The molecule has 266 valence electrons. The monoisotopic (exact) mass is 681 g/mol. The summed E-state index contributed by atoms with van der Waals surface area (Å²) in [5, 5.41) is 14.0. The van der Waals surface area contributed by atoms with Crippen molar-refractivity contribution in [2.24, 2.45) is 11.7 Å². The zero-order valence-corrected chi connectivity index (χ0v) is 27.7. The lowest BCUT2D eigenvalue weighted by molar-refractivity contribution is -0.138. The zero-order chi connectivity index (χ0) is 35.0. The second kappa shape index (κ2) is 19.3. The molecule has 2 aliphatic rings. The van der Waals surface area contributed by atoms with Gasteiger partial charge in [-0.3, -0.25) is 28.8 Å². The van der Waals surface area contributed by atoms with Crippen LogP contribution in [0.25, 0.3) is 0 Å². The first kappa shape index (κ1) is 37.1. The van der Waals surface area contributed by atoms with E-state index in [-0.39, 0.29) is 82.6 Å². The van der Waals surface area contributed by atoms with Gasteiger partial charge in [0.1, 0.15) is 17.8 Å². The topological polar surface area (TPSA) is 214 Å². The number of carbonyl (C=O) groups excluding carboxylic acids is 6. The Kier molecular flexibility index (Phi) is 14.6. The van der Waals surface area contributed by atoms with Crippen LogP contribution in [-0.4, -0.2) is 98.4 Å². The van der Waals surface area contributed by atoms with Crippen LogP contribution in [0.15, 0.2) is 47.1 Å². The minimum absolute atomic E-state index is 0.0491. The second-order valence-corrected chi connectivity index (χ2v) is 12.1. The number of benzene rings is 1. The van der Waals surface area contributed by atoms with Crippen LogP contribution in [0.2, 0.25) is 0 Å². The summed E-state index contributed by atoms with van der Waals surface area (Å²) in [6.45, 7) is 1.97. The first-order chi connectivity index (χ1) is 23.7. The third kappa shape index (κ3) is 12.0. The van der Waals surface area contributed by atoms with E-state index in [4.69, 9.17) is 14.9 Å². The van der Waals surface area contributed by atoms with Gasteiger partial charge in [-0.15, -0.1) is 0 Å². The van der Waals surface area contributed by atoms with E-state index >= 15 is 0 Å². The molecule has 0 aliphatic carbocycles. The highest BCUT2D eigenvalue weighted by Crippen LogP contribution is 2.19. The molecular formula is C34H47N7O8. The van der Waals surface area contributed by atoms with Crippen LogP contribution in [0, 0.1) is 5.92 Å². The van der Waals surface area contributed by atoms with Crippen molar-refractivity contribution < 1.29 is 37.9 Å². The van der Waals surface area contributed by atoms with E-state index in [0.29, 0.717) is 49.4 Å². The van der Waals surface area contributed by atoms with Crippen molar-refractivity contribution in [3.63, 3.8) is 0 Å². The van der Waals surface area contributed by atoms with Gasteiger partial charge >= 0.3 is 0 Å². The number of ether oxygens (including phenoxy) is 1. The molecule has 4 rings (SSSR count). The summed E-state index contributed by atoms with van der Waals surface area (Å²) < 4.78 is 10.8. The number of amides is 6. The fourth-order valence-corrected chi connectivity index (χ4v) is 5.82. The number of rotatable bonds is 8. The third-order valence-corrected chi connectivity index (χ3v) is 8.47. The van der Waals surface area contributed by atoms with Gasteiger partial charge in [-0.25, -0.2) is 0 Å². The van der Waals surface area contributed by atoms with E-state index in [1.54, 1.807) is 41.3 Å². The van der Waals surface area contributed by atoms with Crippen molar-refractivity contribution in [1.29, 1.82) is 0 Å². The molecule has 49 heavy (non-hydrogen) atoms. The standard InChI is InChI=1S/C34H47N7O8/c35-12-17-48-18-14-37-33(46)27-11-13-36-29(42)9-10-31(44)41-15-3-7-25(22-41)32(45)40-28(20-26-8-4-16-49-26)34(47)38-21-24-6-2-1-5-23(24)19-30(43)39-27/h1-2,4-6,8,16,25,27-28H,3,7,9-15,17-22,35H2,(H,36,42)(H,37,46)(H,38,47)(H,39,43)(H,40,45)/t25-,27+,28+/m1/s1. The Bertz CT molecular complexity index is 1430. The van der Waals surface area contributed by atoms with Crippen LogP contribution < -0.4 is 32.3 Å². The minimum Gasteiger partial charge on any atom is -0.469 e. The van der Waals surface area contributed by atoms with Gasteiger partial charge < -0.3 is 46.4 Å². The molecule has 2 aliphatic heterocycles. The number of nitrogens with one attached hydrogen (secondary N) is 5. The van der Waals surface area contributed by atoms with Gasteiger partial charge in [0, 0.05) is 58.5 Å². The average Bonchev–Trinajstić information content (AvgIpc) is 3.62. The van der Waals surface area contributed by atoms with Gasteiger partial charge in [0.15, 0.2) is 0 Å². The Morgan fingerprint density at radius 1 is 0.939 bits per heavy atom. The SMILES string of the molecule is NCCOCCNC(=O)[C@@H]1CCNC(=O)CCC(=O)N2CCC[C@H](C2)C(=O)N[C@@H](Cc2ccco2)C(=O)NCc2ccccc2CC(=O)N1. The van der Waals surface area contributed by atoms with Gasteiger partial charge in [0.05, 0.1) is 31.8 Å². The number of hydrogen-bond donors (Lipinski definition) is 6. The number of furan rings is 1. The lowest BCUT2D eigenvalue weighted by Crippen LogP contribution is -2.52. The van der Waals surface area contributed by atoms with Gasteiger partial charge in [-0.1, -0.05) is 24.3 Å². The Labute approximate surface area is 285 Å². The first-order valence-corrected chi connectivity index (χ1v) is 16.8. The Hall–Kier alpha value is -4.76. The number of piperidine rings is 1. The average molecular weight is 682 g/mol. The zero-order valence-electron chi connectivity index (χ0n) is 27.7. The maximum Gasteiger partial charge on any atom is 0.243 e. The molecule has 6 amide bonds. The molecule has 3 atom stereocenters. The van der Waals surface area contributed by atoms with Crippen LogP contribution in [0.1, 0.15) is 49.0 Å². The van der Waals surface area contributed by atoms with E-state index in [2.05, 4.69) is 26.6 Å². The Morgan fingerprint density at radius 2 is 1.76 bits per heavy atom. The summed E-state index contributed by atoms with van der Waals surface area (Å²) in [7, 11) is 0. The predicted molar refractivity (Wildman–Crippen MR) is 177 cm³/mol. The van der Waals surface area contributed by atoms with Crippen molar-refractivity contribution in [3.8, 4) is 0 Å². The van der Waals surface area contributed by atoms with Gasteiger partial charge in [0.2, 0.25) is 35.4 Å². The lowest BCUT2D eigenvalue weighted by atomic mass is 9.96. The lowest BCUT2D eigenvalue weighted by Gasteiger charge is -2.33. The van der Waals surface area contributed by atoms with E-state index in [1.807, 2.05) is 0 Å². The summed E-state index contributed by atoms with van der Waals surface area (Å²) >= 11 is 0. The molecule has 1 saturated heterocycles. The summed E-state index contributed by atoms with van der Waals surface area (Å²) in [4.78, 5) is 80.5. The highest BCUT2D eigenvalue weighted by atomic mass is 16.5. The molecule has 1 aromatic heterocycles. The fourth-order valence-electron chi connectivity index (χ4n) is 5.82. The smallest absolute Gasteiger partial charge is 0.243 e. The van der Waals surface area contributed by atoms with E-state index in [1.165, 1.54) is 6.26 Å². The van der Waals surface area contributed by atoms with Crippen LogP contribution in [0.3, 0.4) is 0 Å². The van der Waals surface area contributed by atoms with E-state index in [9.17, 15) is 28.8 Å². The molecule has 1 aromatic carbocycles. The number of fused-ring (bicyclic) bond motifs is 3. The Balaban J connectivity index is 1.52. The molecule has 0 spiro atoms. The molecule has 3 heterocycles. The molecule has 1 fully saturated rings. The first-order valence-electron chi connectivity index (χ1n) is 16.8. The molecule has 0 saturated carbocycles. The summed E-state index contributed by atoms with van der Waals surface area (Å²) in [6, 6.07) is 8.62. The molecule has 2 bridgehead atoms. The van der Waals surface area contributed by atoms with Crippen molar-refractivity contribution >= 4 is 35.4 Å². The van der Waals surface area contributed by atoms with E-state index in [0.717, 1.165) is 0 Å². The molecule has 0 unspecified atom stereocenters. The van der Waals surface area contributed by atoms with Crippen LogP contribution in [0.5, 0.6) is 0 Å². The van der Waals surface area contributed by atoms with Crippen molar-refractivity contribution in [3.05, 3.63) is 59.5 Å². The predicted octanol–water partition coefficient (Wildman–Crippen LogP) is -0.719. The maximum atomic E-state index is 13.5. The highest BCUT2D eigenvalue weighted by Gasteiger charge is 2.32. The summed E-state index contributed by atoms with van der Waals surface area (Å²) in [5.41, 5.74) is 6.76. The van der Waals surface area contributed by atoms with Crippen LogP contribution in [0.4, 0.5) is 0 Å². The summed E-state index contributed by atoms with van der Waals surface area (Å²) in [6.07, 6.45) is 2.67. The molecule has 7 N–H and O–H groups in total. The second-order valence-electron chi connectivity index (χ2n) is 12.1. The third-order valence-electron chi connectivity index (χ3n) is 8.47. The summed E-state index contributed by atoms with van der Waals surface area (Å²) in [5.74, 6) is -2.28. The van der Waals surface area contributed by atoms with Crippen LogP contribution in [-0.2, 0) is 52.9 Å². The number of nitrogens with zero attached hydrogens (tertiary/aromatic N) is 1. The molecule has 0 radical (unpaired) electrons. The van der Waals surface area contributed by atoms with Gasteiger partial charge in [-0.05, 0) is 42.5 Å². The molecule has 15 nitrogen and oxygen atoms in total. The number of hydrogen-bond acceptors (Lipinski definition) is 9. The molecule has 2 aromatic rings. The van der Waals surface area contributed by atoms with E-state index < -0.39 is 35.7 Å². The largest absolute Gasteiger partial charge is 0.469 e. The van der Waals surface area contributed by atoms with Gasteiger partial charge in [0.25, 0.3) is 0 Å². The number of nitrogens with two attached hydrogens (primary N) is 1. The molecule has 15 heteroatoms.